The molecule has 2 rings (SSSR count). The van der Waals surface area contributed by atoms with Crippen LogP contribution in [0.1, 0.15) is 5.82 Å². The van der Waals surface area contributed by atoms with E-state index in [9.17, 15) is 13.2 Å². The summed E-state index contributed by atoms with van der Waals surface area (Å²) in [7, 11) is 2.69. The third-order valence-electron chi connectivity index (χ3n) is 2.63. The highest BCUT2D eigenvalue weighted by molar-refractivity contribution is 6.42. The summed E-state index contributed by atoms with van der Waals surface area (Å²) in [5, 5.41) is 0.461. The lowest BCUT2D eigenvalue weighted by atomic mass is 10.3. The number of nitrogens with zero attached hydrogens (tertiary/aromatic N) is 2. The van der Waals surface area contributed by atoms with Gasteiger partial charge in [-0.15, -0.1) is 0 Å². The van der Waals surface area contributed by atoms with Crippen LogP contribution in [0.15, 0.2) is 12.1 Å². The topological polar surface area (TPSA) is 8.81 Å². The molecule has 0 saturated heterocycles. The first-order chi connectivity index (χ1) is 7.73. The van der Waals surface area contributed by atoms with E-state index >= 15 is 0 Å². The van der Waals surface area contributed by atoms with E-state index in [2.05, 4.69) is 0 Å². The molecule has 0 atom stereocenters. The number of aromatic nitrogens is 2. The Morgan fingerprint density at radius 2 is 1.67 bits per heavy atom. The van der Waals surface area contributed by atoms with E-state index in [1.807, 2.05) is 0 Å². The van der Waals surface area contributed by atoms with Crippen LogP contribution in [0.4, 0.5) is 13.2 Å². The third kappa shape index (κ3) is 2.42. The standard InChI is InChI=1S/C10H8Cl2F3N2.HI/c1-16-7-3-5(11)6(12)4-8(7)17(2)9(16)10(13,14)15;/h3-4H,1-2H3;1H/q+1;/p-1. The first kappa shape index (κ1) is 15.8. The van der Waals surface area contributed by atoms with Gasteiger partial charge in [0.1, 0.15) is 0 Å². The van der Waals surface area contributed by atoms with Gasteiger partial charge in [-0.25, -0.2) is 9.13 Å². The molecule has 0 aliphatic heterocycles. The molecule has 0 aliphatic carbocycles. The Kier molecular flexibility index (Phi) is 4.45. The Bertz CT molecular complexity index is 562. The molecule has 1 aromatic carbocycles. The number of aryl methyl sites for hydroxylation is 2. The van der Waals surface area contributed by atoms with Crippen LogP contribution in [0.3, 0.4) is 0 Å². The highest BCUT2D eigenvalue weighted by atomic mass is 127. The molecule has 1 heterocycles. The number of benzene rings is 1. The first-order valence-electron chi connectivity index (χ1n) is 4.64. The largest absolute Gasteiger partial charge is 1.00 e. The zero-order valence-corrected chi connectivity index (χ0v) is 13.0. The minimum Gasteiger partial charge on any atom is -1.00 e. The predicted molar refractivity (Wildman–Crippen MR) is 59.1 cm³/mol. The van der Waals surface area contributed by atoms with Crippen molar-refractivity contribution in [2.45, 2.75) is 6.18 Å². The molecule has 1 aromatic heterocycles. The second kappa shape index (κ2) is 5.05. The molecule has 0 fully saturated rings. The van der Waals surface area contributed by atoms with Crippen molar-refractivity contribution in [3.05, 3.63) is 28.0 Å². The molecule has 0 amide bonds. The van der Waals surface area contributed by atoms with Crippen molar-refractivity contribution < 1.29 is 41.7 Å². The van der Waals surface area contributed by atoms with Crippen molar-refractivity contribution in [3.8, 4) is 0 Å². The van der Waals surface area contributed by atoms with E-state index in [1.54, 1.807) is 0 Å². The van der Waals surface area contributed by atoms with Gasteiger partial charge in [0.05, 0.1) is 24.1 Å². The number of alkyl halides is 3. The van der Waals surface area contributed by atoms with Crippen LogP contribution in [-0.4, -0.2) is 4.57 Å². The van der Waals surface area contributed by atoms with E-state index in [0.29, 0.717) is 11.0 Å². The van der Waals surface area contributed by atoms with Gasteiger partial charge >= 0.3 is 12.0 Å². The Labute approximate surface area is 128 Å². The highest BCUT2D eigenvalue weighted by Crippen LogP contribution is 2.32. The lowest BCUT2D eigenvalue weighted by molar-refractivity contribution is -0.667. The van der Waals surface area contributed by atoms with Crippen molar-refractivity contribution in [1.82, 2.24) is 4.57 Å². The van der Waals surface area contributed by atoms with Crippen LogP contribution in [0.5, 0.6) is 0 Å². The summed E-state index contributed by atoms with van der Waals surface area (Å²) in [6.07, 6.45) is -4.43. The van der Waals surface area contributed by atoms with Crippen LogP contribution in [0.2, 0.25) is 10.0 Å². The van der Waals surface area contributed by atoms with E-state index < -0.39 is 12.0 Å². The third-order valence-corrected chi connectivity index (χ3v) is 3.35. The van der Waals surface area contributed by atoms with Gasteiger partial charge < -0.3 is 24.0 Å². The molecule has 0 spiro atoms. The maximum Gasteiger partial charge on any atom is 0.495 e. The summed E-state index contributed by atoms with van der Waals surface area (Å²) in [6, 6.07) is 2.85. The Morgan fingerprint density at radius 1 is 1.17 bits per heavy atom. The SMILES string of the molecule is Cn1c(C(F)(F)F)[n+](C)c2cc(Cl)c(Cl)cc21.[I-]. The van der Waals surface area contributed by atoms with Crippen molar-refractivity contribution in [2.75, 3.05) is 0 Å². The molecule has 0 saturated carbocycles. The van der Waals surface area contributed by atoms with Gasteiger partial charge in [-0.1, -0.05) is 23.2 Å². The minimum atomic E-state index is -4.43. The van der Waals surface area contributed by atoms with Gasteiger partial charge in [0.15, 0.2) is 11.0 Å². The summed E-state index contributed by atoms with van der Waals surface area (Å²) < 4.78 is 40.6. The first-order valence-corrected chi connectivity index (χ1v) is 5.39. The quantitative estimate of drug-likeness (QED) is 0.437. The highest BCUT2D eigenvalue weighted by Gasteiger charge is 2.45. The Morgan fingerprint density at radius 3 is 2.17 bits per heavy atom. The van der Waals surface area contributed by atoms with E-state index in [4.69, 9.17) is 23.2 Å². The van der Waals surface area contributed by atoms with Gasteiger partial charge in [0, 0.05) is 12.1 Å². The number of halogens is 6. The second-order valence-electron chi connectivity index (χ2n) is 3.69. The summed E-state index contributed by atoms with van der Waals surface area (Å²) in [6.45, 7) is 0. The number of imidazole rings is 1. The van der Waals surface area contributed by atoms with Crippen LogP contribution in [-0.2, 0) is 20.3 Å². The molecule has 2 nitrogen and oxygen atoms in total. The maximum atomic E-state index is 12.8. The lowest BCUT2D eigenvalue weighted by Crippen LogP contribution is -3.00. The van der Waals surface area contributed by atoms with Crippen molar-refractivity contribution in [3.63, 3.8) is 0 Å². The molecule has 8 heteroatoms. The summed E-state index contributed by atoms with van der Waals surface area (Å²) in [5.41, 5.74) is 0.767. The zero-order chi connectivity index (χ0) is 13.0. The van der Waals surface area contributed by atoms with Crippen molar-refractivity contribution >= 4 is 34.2 Å². The number of rotatable bonds is 0. The van der Waals surface area contributed by atoms with Gasteiger partial charge in [-0.05, 0) is 0 Å². The molecule has 0 aliphatic rings. The van der Waals surface area contributed by atoms with Crippen LogP contribution >= 0.6 is 23.2 Å². The average Bonchev–Trinajstić information content (AvgIpc) is 2.40. The molecule has 100 valence electrons. The minimum absolute atomic E-state index is 0. The van der Waals surface area contributed by atoms with E-state index in [0.717, 1.165) is 9.13 Å². The van der Waals surface area contributed by atoms with Gasteiger partial charge in [-0.3, -0.25) is 0 Å². The molecule has 2 aromatic rings. The van der Waals surface area contributed by atoms with Crippen molar-refractivity contribution in [1.29, 1.82) is 0 Å². The molecule has 18 heavy (non-hydrogen) atoms. The summed E-state index contributed by atoms with van der Waals surface area (Å²) in [4.78, 5) is 0. The fraction of sp³-hybridized carbons (Fsp3) is 0.300. The van der Waals surface area contributed by atoms with Crippen LogP contribution in [0, 0.1) is 0 Å². The molecular formula is C10H8Cl2F3IN2. The number of hydrogen-bond acceptors (Lipinski definition) is 0. The Balaban J connectivity index is 0.00000162. The summed E-state index contributed by atoms with van der Waals surface area (Å²) in [5.74, 6) is -0.758. The second-order valence-corrected chi connectivity index (χ2v) is 4.51. The van der Waals surface area contributed by atoms with Gasteiger partial charge in [0.25, 0.3) is 0 Å². The molecule has 0 N–H and O–H groups in total. The number of fused-ring (bicyclic) bond motifs is 1. The Hall–Kier alpha value is -0.210. The van der Waals surface area contributed by atoms with E-state index in [-0.39, 0.29) is 34.0 Å². The van der Waals surface area contributed by atoms with Crippen LogP contribution in [0.25, 0.3) is 11.0 Å². The summed E-state index contributed by atoms with van der Waals surface area (Å²) >= 11 is 11.6. The van der Waals surface area contributed by atoms with Crippen molar-refractivity contribution in [2.24, 2.45) is 14.1 Å². The average molecular weight is 411 g/mol. The van der Waals surface area contributed by atoms with Gasteiger partial charge in [-0.2, -0.15) is 13.2 Å². The molecular weight excluding hydrogens is 403 g/mol. The van der Waals surface area contributed by atoms with Gasteiger partial charge in [0.2, 0.25) is 0 Å². The molecule has 0 unspecified atom stereocenters. The smallest absolute Gasteiger partial charge is 0.495 e. The molecule has 0 radical (unpaired) electrons. The normalized spacial score (nSPS) is 11.7. The monoisotopic (exact) mass is 410 g/mol. The maximum absolute atomic E-state index is 12.8. The fourth-order valence-electron chi connectivity index (χ4n) is 1.90. The number of hydrogen-bond donors (Lipinski definition) is 0. The zero-order valence-electron chi connectivity index (χ0n) is 9.32. The predicted octanol–water partition coefficient (Wildman–Crippen LogP) is 0.332. The molecule has 0 bridgehead atoms. The lowest BCUT2D eigenvalue weighted by Gasteiger charge is -2.01. The van der Waals surface area contributed by atoms with E-state index in [1.165, 1.54) is 26.2 Å². The fourth-order valence-corrected chi connectivity index (χ4v) is 2.21. The van der Waals surface area contributed by atoms with Crippen LogP contribution < -0.4 is 28.5 Å².